The van der Waals surface area contributed by atoms with E-state index < -0.39 is 32.5 Å². The van der Waals surface area contributed by atoms with Gasteiger partial charge in [0.2, 0.25) is 0 Å². The summed E-state index contributed by atoms with van der Waals surface area (Å²) < 4.78 is 26.2. The molecule has 0 aromatic rings. The van der Waals surface area contributed by atoms with Crippen molar-refractivity contribution in [3.63, 3.8) is 0 Å². The molecular weight excluding hydrogens is 715 g/mol. The average molecular weight is 787 g/mol. The molecule has 0 saturated carbocycles. The highest BCUT2D eigenvalue weighted by Gasteiger charge is 2.22. The summed E-state index contributed by atoms with van der Waals surface area (Å²) in [7, 11) is -4.80. The Morgan fingerprint density at radius 3 is 1.44 bits per heavy atom. The Morgan fingerprint density at radius 1 is 0.545 bits per heavy atom. The largest absolute Gasteiger partial charge is 0.469 e. The lowest BCUT2D eigenvalue weighted by Crippen LogP contribution is -2.29. The van der Waals surface area contributed by atoms with Gasteiger partial charge in [0.05, 0.1) is 12.7 Å². The van der Waals surface area contributed by atoms with Crippen molar-refractivity contribution >= 4 is 19.8 Å². The number of hydrogen-bond acceptors (Lipinski definition) is 7. The predicted octanol–water partition coefficient (Wildman–Crippen LogP) is 11.4. The molecule has 0 aromatic carbocycles. The second kappa shape index (κ2) is 38.9. The molecule has 0 aliphatic heterocycles. The Bertz CT molecular complexity index is 1270. The Labute approximate surface area is 332 Å². The number of unbranched alkanes of at least 4 members (excludes halogenated alkanes) is 4. The van der Waals surface area contributed by atoms with Crippen molar-refractivity contribution in [2.75, 3.05) is 13.2 Å². The Morgan fingerprint density at radius 2 is 0.982 bits per heavy atom. The van der Waals surface area contributed by atoms with E-state index in [1.165, 1.54) is 25.7 Å². The van der Waals surface area contributed by atoms with Crippen molar-refractivity contribution in [2.24, 2.45) is 0 Å². The Hall–Kier alpha value is -3.33. The summed E-state index contributed by atoms with van der Waals surface area (Å²) in [5.41, 5.74) is 0. The highest BCUT2D eigenvalue weighted by atomic mass is 31.2. The molecule has 0 heterocycles. The standard InChI is InChI=1S/C45H71O9P/c1-3-5-6-7-8-9-10-11-12-13-14-15-16-20-23-26-29-32-35-38-44(47)52-40-43(41-53-55(49,50)51)54-45(48)39-36-33-30-27-24-21-18-17-19-22-25-28-31-34-37-42(46)4-2/h8-9,11-12,14-15,18-23,27-32,42-43,46H,3-7,10,13,16-17,24-26,33-41H2,1-2H3,(H2,49,50,51)/b9-8-,12-11-,15-14-,21-18-,22-19-,23-20-,30-27-,31-28-,32-29-/t42-,43-/m1/s1. The van der Waals surface area contributed by atoms with Gasteiger partial charge < -0.3 is 24.4 Å². The minimum atomic E-state index is -4.80. The first-order chi connectivity index (χ1) is 26.7. The third-order valence-corrected chi connectivity index (χ3v) is 8.43. The highest BCUT2D eigenvalue weighted by Crippen LogP contribution is 2.35. The van der Waals surface area contributed by atoms with Gasteiger partial charge in [0, 0.05) is 12.8 Å². The van der Waals surface area contributed by atoms with E-state index in [-0.39, 0.29) is 25.6 Å². The number of aliphatic hydroxyl groups is 1. The van der Waals surface area contributed by atoms with E-state index in [0.29, 0.717) is 19.3 Å². The molecule has 55 heavy (non-hydrogen) atoms. The normalized spacial score (nSPS) is 14.2. The van der Waals surface area contributed by atoms with Crippen LogP contribution in [-0.2, 0) is 28.2 Å². The molecule has 9 nitrogen and oxygen atoms in total. The topological polar surface area (TPSA) is 140 Å². The number of rotatable bonds is 35. The van der Waals surface area contributed by atoms with Crippen LogP contribution in [0.5, 0.6) is 0 Å². The van der Waals surface area contributed by atoms with Gasteiger partial charge in [0.15, 0.2) is 6.10 Å². The summed E-state index contributed by atoms with van der Waals surface area (Å²) in [6.07, 6.45) is 52.0. The van der Waals surface area contributed by atoms with Crippen LogP contribution in [-0.4, -0.2) is 52.3 Å². The molecule has 0 spiro atoms. The second-order valence-corrected chi connectivity index (χ2v) is 14.3. The molecule has 2 atom stereocenters. The van der Waals surface area contributed by atoms with Gasteiger partial charge in [-0.05, 0) is 96.3 Å². The smallest absolute Gasteiger partial charge is 0.462 e. The third kappa shape index (κ3) is 41.7. The number of carbonyl (C=O) groups is 2. The molecule has 0 bridgehead atoms. The SMILES string of the molecule is CCCCC/C=C\C/C=C\C/C=C\C/C=C\C/C=C\CCC(=O)OC[C@H](COP(=O)(O)O)OC(=O)CCC/C=C\C/C=C\C/C=C\C/C=C\CC[C@H](O)CC. The van der Waals surface area contributed by atoms with E-state index in [1.807, 2.05) is 31.2 Å². The van der Waals surface area contributed by atoms with Crippen LogP contribution in [0.1, 0.15) is 136 Å². The first-order valence-corrected chi connectivity index (χ1v) is 21.8. The molecule has 0 aliphatic rings. The number of phosphoric ester groups is 1. The monoisotopic (exact) mass is 786 g/mol. The lowest BCUT2D eigenvalue weighted by atomic mass is 10.1. The number of esters is 2. The maximum absolute atomic E-state index is 12.4. The van der Waals surface area contributed by atoms with Crippen LogP contribution in [0.25, 0.3) is 0 Å². The van der Waals surface area contributed by atoms with Crippen LogP contribution >= 0.6 is 7.82 Å². The molecule has 0 unspecified atom stereocenters. The maximum atomic E-state index is 12.4. The van der Waals surface area contributed by atoms with Gasteiger partial charge >= 0.3 is 19.8 Å². The number of carbonyl (C=O) groups excluding carboxylic acids is 2. The highest BCUT2D eigenvalue weighted by molar-refractivity contribution is 7.46. The number of aliphatic hydroxyl groups excluding tert-OH is 1. The first kappa shape index (κ1) is 51.7. The molecule has 310 valence electrons. The van der Waals surface area contributed by atoms with Gasteiger partial charge in [0.1, 0.15) is 6.61 Å². The van der Waals surface area contributed by atoms with Crippen LogP contribution in [0.4, 0.5) is 0 Å². The molecule has 0 aromatic heterocycles. The summed E-state index contributed by atoms with van der Waals surface area (Å²) in [6, 6.07) is 0. The number of allylic oxidation sites excluding steroid dienone is 18. The predicted molar refractivity (Wildman–Crippen MR) is 226 cm³/mol. The van der Waals surface area contributed by atoms with E-state index in [4.69, 9.17) is 19.3 Å². The van der Waals surface area contributed by atoms with E-state index >= 15 is 0 Å². The average Bonchev–Trinajstić information content (AvgIpc) is 3.16. The van der Waals surface area contributed by atoms with Crippen molar-refractivity contribution < 1.29 is 43.0 Å². The van der Waals surface area contributed by atoms with Crippen molar-refractivity contribution in [1.82, 2.24) is 0 Å². The van der Waals surface area contributed by atoms with Crippen LogP contribution in [0.3, 0.4) is 0 Å². The summed E-state index contributed by atoms with van der Waals surface area (Å²) >= 11 is 0. The molecule has 0 radical (unpaired) electrons. The quantitative estimate of drug-likeness (QED) is 0.0248. The van der Waals surface area contributed by atoms with Gasteiger partial charge in [0.25, 0.3) is 0 Å². The van der Waals surface area contributed by atoms with Gasteiger partial charge in [-0.1, -0.05) is 136 Å². The van der Waals surface area contributed by atoms with E-state index in [9.17, 15) is 19.3 Å². The summed E-state index contributed by atoms with van der Waals surface area (Å²) in [5.74, 6) is -1.08. The van der Waals surface area contributed by atoms with Gasteiger partial charge in [-0.3, -0.25) is 14.1 Å². The minimum Gasteiger partial charge on any atom is -0.462 e. The first-order valence-electron chi connectivity index (χ1n) is 20.3. The molecule has 0 fully saturated rings. The van der Waals surface area contributed by atoms with Crippen molar-refractivity contribution in [1.29, 1.82) is 0 Å². The molecule has 3 N–H and O–H groups in total. The minimum absolute atomic E-state index is 0.100. The van der Waals surface area contributed by atoms with E-state index in [2.05, 4.69) is 96.5 Å². The zero-order valence-electron chi connectivity index (χ0n) is 33.6. The zero-order valence-corrected chi connectivity index (χ0v) is 34.5. The summed E-state index contributed by atoms with van der Waals surface area (Å²) in [6.45, 7) is 3.24. The Balaban J connectivity index is 4.20. The zero-order chi connectivity index (χ0) is 40.5. The fourth-order valence-corrected chi connectivity index (χ4v) is 5.10. The molecule has 0 saturated heterocycles. The van der Waals surface area contributed by atoms with Crippen LogP contribution in [0.15, 0.2) is 109 Å². The lowest BCUT2D eigenvalue weighted by Gasteiger charge is -2.18. The number of phosphoric acid groups is 1. The van der Waals surface area contributed by atoms with Crippen LogP contribution < -0.4 is 0 Å². The second-order valence-electron chi connectivity index (χ2n) is 13.0. The fourth-order valence-electron chi connectivity index (χ4n) is 4.74. The third-order valence-electron chi connectivity index (χ3n) is 7.94. The van der Waals surface area contributed by atoms with Crippen LogP contribution in [0.2, 0.25) is 0 Å². The molecule has 0 amide bonds. The molecule has 0 rings (SSSR count). The van der Waals surface area contributed by atoms with E-state index in [0.717, 1.165) is 64.2 Å². The van der Waals surface area contributed by atoms with Crippen molar-refractivity contribution in [3.05, 3.63) is 109 Å². The Kier molecular flexibility index (Phi) is 36.6. The van der Waals surface area contributed by atoms with Gasteiger partial charge in [-0.2, -0.15) is 0 Å². The van der Waals surface area contributed by atoms with Crippen molar-refractivity contribution in [2.45, 2.75) is 148 Å². The van der Waals surface area contributed by atoms with Gasteiger partial charge in [-0.25, -0.2) is 4.57 Å². The molecule has 0 aliphatic carbocycles. The number of ether oxygens (including phenoxy) is 2. The van der Waals surface area contributed by atoms with Gasteiger partial charge in [-0.15, -0.1) is 0 Å². The molecule has 10 heteroatoms. The summed E-state index contributed by atoms with van der Waals surface area (Å²) in [5, 5.41) is 9.54. The fraction of sp³-hybridized carbons (Fsp3) is 0.556. The molecular formula is C45H71O9P. The van der Waals surface area contributed by atoms with Crippen molar-refractivity contribution in [3.8, 4) is 0 Å². The summed E-state index contributed by atoms with van der Waals surface area (Å²) in [4.78, 5) is 42.7. The van der Waals surface area contributed by atoms with E-state index in [1.54, 1.807) is 0 Å². The number of hydrogen-bond donors (Lipinski definition) is 3. The maximum Gasteiger partial charge on any atom is 0.469 e. The lowest BCUT2D eigenvalue weighted by molar-refractivity contribution is -0.161. The van der Waals surface area contributed by atoms with Crippen LogP contribution in [0, 0.1) is 0 Å².